The molecule has 2 rings (SSSR count). The Morgan fingerprint density at radius 2 is 1.94 bits per heavy atom. The summed E-state index contributed by atoms with van der Waals surface area (Å²) < 4.78 is 0. The van der Waals surface area contributed by atoms with Crippen LogP contribution < -0.4 is 5.73 Å². The second-order valence-corrected chi connectivity index (χ2v) is 5.16. The van der Waals surface area contributed by atoms with Gasteiger partial charge in [-0.1, -0.05) is 43.2 Å². The van der Waals surface area contributed by atoms with Crippen molar-refractivity contribution in [2.24, 2.45) is 5.73 Å². The van der Waals surface area contributed by atoms with E-state index in [9.17, 15) is 4.79 Å². The monoisotopic (exact) mass is 246 g/mol. The molecule has 3 nitrogen and oxygen atoms in total. The summed E-state index contributed by atoms with van der Waals surface area (Å²) in [6.45, 7) is 0. The average molecular weight is 246 g/mol. The molecule has 98 valence electrons. The van der Waals surface area contributed by atoms with Crippen LogP contribution in [0.25, 0.3) is 0 Å². The Kier molecular flexibility index (Phi) is 4.37. The highest BCUT2D eigenvalue weighted by atomic mass is 16.2. The highest BCUT2D eigenvalue weighted by molar-refractivity contribution is 5.77. The molecule has 1 aliphatic rings. The fraction of sp³-hybridized carbons (Fsp3) is 0.533. The second-order valence-electron chi connectivity index (χ2n) is 5.16. The first kappa shape index (κ1) is 13.1. The minimum absolute atomic E-state index is 0.165. The summed E-state index contributed by atoms with van der Waals surface area (Å²) in [6.07, 6.45) is 5.17. The molecule has 0 radical (unpaired) electrons. The number of carbonyl (C=O) groups is 1. The minimum atomic E-state index is -0.192. The molecule has 0 saturated heterocycles. The molecule has 1 amide bonds. The molecule has 1 aromatic carbocycles. The lowest BCUT2D eigenvalue weighted by Gasteiger charge is -2.25. The van der Waals surface area contributed by atoms with E-state index < -0.39 is 0 Å². The van der Waals surface area contributed by atoms with Gasteiger partial charge in [-0.05, 0) is 18.4 Å². The molecule has 1 atom stereocenters. The molecule has 1 aliphatic carbocycles. The molecule has 3 heteroatoms. The van der Waals surface area contributed by atoms with Crippen molar-refractivity contribution in [3.63, 3.8) is 0 Å². The summed E-state index contributed by atoms with van der Waals surface area (Å²) in [5.41, 5.74) is 7.12. The molecule has 1 aromatic rings. The number of nitrogens with two attached hydrogens (primary N) is 1. The Hall–Kier alpha value is -1.35. The maximum absolute atomic E-state index is 12.2. The van der Waals surface area contributed by atoms with Gasteiger partial charge in [-0.25, -0.2) is 0 Å². The number of hydrogen-bond donors (Lipinski definition) is 1. The molecule has 0 spiro atoms. The first-order chi connectivity index (χ1) is 8.68. The summed E-state index contributed by atoms with van der Waals surface area (Å²) in [7, 11) is 1.91. The number of hydrogen-bond acceptors (Lipinski definition) is 2. The summed E-state index contributed by atoms with van der Waals surface area (Å²) >= 11 is 0. The predicted octanol–water partition coefficient (Wildman–Crippen LogP) is 2.48. The zero-order chi connectivity index (χ0) is 13.0. The van der Waals surface area contributed by atoms with Crippen molar-refractivity contribution in [3.05, 3.63) is 35.9 Å². The summed E-state index contributed by atoms with van der Waals surface area (Å²) in [5, 5.41) is 0. The van der Waals surface area contributed by atoms with Crippen molar-refractivity contribution in [2.45, 2.75) is 44.2 Å². The SMILES string of the molecule is CN(C(=O)CC(N)c1ccccc1)C1CCCC1. The van der Waals surface area contributed by atoms with Crippen LogP contribution in [0.3, 0.4) is 0 Å². The van der Waals surface area contributed by atoms with Gasteiger partial charge < -0.3 is 10.6 Å². The lowest BCUT2D eigenvalue weighted by molar-refractivity contribution is -0.132. The highest BCUT2D eigenvalue weighted by Crippen LogP contribution is 2.24. The Labute approximate surface area is 109 Å². The molecule has 0 heterocycles. The summed E-state index contributed by atoms with van der Waals surface area (Å²) in [5.74, 6) is 0.165. The predicted molar refractivity (Wildman–Crippen MR) is 73.0 cm³/mol. The number of benzene rings is 1. The van der Waals surface area contributed by atoms with Gasteiger partial charge in [0.15, 0.2) is 0 Å². The summed E-state index contributed by atoms with van der Waals surface area (Å²) in [4.78, 5) is 14.1. The lowest BCUT2D eigenvalue weighted by atomic mass is 10.0. The van der Waals surface area contributed by atoms with Crippen LogP contribution in [0.1, 0.15) is 43.7 Å². The number of nitrogens with zero attached hydrogens (tertiary/aromatic N) is 1. The Balaban J connectivity index is 1.90. The third-order valence-electron chi connectivity index (χ3n) is 3.89. The Morgan fingerprint density at radius 1 is 1.33 bits per heavy atom. The standard InChI is InChI=1S/C15H22N2O/c1-17(13-9-5-6-10-13)15(18)11-14(16)12-7-3-2-4-8-12/h2-4,7-8,13-14H,5-6,9-11,16H2,1H3. The van der Waals surface area contributed by atoms with Gasteiger partial charge in [0.05, 0.1) is 0 Å². The normalized spacial score (nSPS) is 17.7. The van der Waals surface area contributed by atoms with E-state index in [2.05, 4.69) is 0 Å². The van der Waals surface area contributed by atoms with E-state index in [4.69, 9.17) is 5.73 Å². The Bertz CT molecular complexity index is 385. The van der Waals surface area contributed by atoms with Crippen LogP contribution in [0.4, 0.5) is 0 Å². The van der Waals surface area contributed by atoms with Crippen molar-refractivity contribution in [3.8, 4) is 0 Å². The fourth-order valence-corrected chi connectivity index (χ4v) is 2.65. The zero-order valence-corrected chi connectivity index (χ0v) is 11.0. The molecular weight excluding hydrogens is 224 g/mol. The fourth-order valence-electron chi connectivity index (χ4n) is 2.65. The second kappa shape index (κ2) is 6.01. The van der Waals surface area contributed by atoms with Crippen molar-refractivity contribution in [1.29, 1.82) is 0 Å². The number of rotatable bonds is 4. The van der Waals surface area contributed by atoms with Crippen LogP contribution in [0.15, 0.2) is 30.3 Å². The topological polar surface area (TPSA) is 46.3 Å². The quantitative estimate of drug-likeness (QED) is 0.887. The van der Waals surface area contributed by atoms with E-state index in [0.29, 0.717) is 12.5 Å². The van der Waals surface area contributed by atoms with Crippen LogP contribution in [0, 0.1) is 0 Å². The average Bonchev–Trinajstić information content (AvgIpc) is 2.92. The van der Waals surface area contributed by atoms with Crippen LogP contribution >= 0.6 is 0 Å². The smallest absolute Gasteiger partial charge is 0.224 e. The first-order valence-corrected chi connectivity index (χ1v) is 6.74. The van der Waals surface area contributed by atoms with Gasteiger partial charge in [-0.15, -0.1) is 0 Å². The molecule has 1 fully saturated rings. The maximum atomic E-state index is 12.2. The van der Waals surface area contributed by atoms with E-state index >= 15 is 0 Å². The van der Waals surface area contributed by atoms with Crippen molar-refractivity contribution >= 4 is 5.91 Å². The third kappa shape index (κ3) is 3.10. The first-order valence-electron chi connectivity index (χ1n) is 6.74. The lowest BCUT2D eigenvalue weighted by Crippen LogP contribution is -2.36. The summed E-state index contributed by atoms with van der Waals surface area (Å²) in [6, 6.07) is 10.1. The highest BCUT2D eigenvalue weighted by Gasteiger charge is 2.24. The van der Waals surface area contributed by atoms with E-state index in [0.717, 1.165) is 18.4 Å². The molecule has 18 heavy (non-hydrogen) atoms. The van der Waals surface area contributed by atoms with Gasteiger partial charge in [-0.3, -0.25) is 4.79 Å². The molecule has 1 saturated carbocycles. The Morgan fingerprint density at radius 3 is 2.56 bits per heavy atom. The largest absolute Gasteiger partial charge is 0.343 e. The molecule has 2 N–H and O–H groups in total. The van der Waals surface area contributed by atoms with E-state index in [1.807, 2.05) is 42.3 Å². The van der Waals surface area contributed by atoms with Crippen LogP contribution in [0.5, 0.6) is 0 Å². The third-order valence-corrected chi connectivity index (χ3v) is 3.89. The zero-order valence-electron chi connectivity index (χ0n) is 11.0. The van der Waals surface area contributed by atoms with Crippen LogP contribution in [0.2, 0.25) is 0 Å². The van der Waals surface area contributed by atoms with Gasteiger partial charge in [0.2, 0.25) is 5.91 Å². The minimum Gasteiger partial charge on any atom is -0.343 e. The van der Waals surface area contributed by atoms with Gasteiger partial charge in [-0.2, -0.15) is 0 Å². The molecule has 0 aliphatic heterocycles. The molecular formula is C15H22N2O. The van der Waals surface area contributed by atoms with Gasteiger partial charge >= 0.3 is 0 Å². The van der Waals surface area contributed by atoms with Gasteiger partial charge in [0, 0.05) is 25.6 Å². The van der Waals surface area contributed by atoms with E-state index in [1.54, 1.807) is 0 Å². The molecule has 0 aromatic heterocycles. The maximum Gasteiger partial charge on any atom is 0.224 e. The van der Waals surface area contributed by atoms with E-state index in [-0.39, 0.29) is 11.9 Å². The van der Waals surface area contributed by atoms with Gasteiger partial charge in [0.1, 0.15) is 0 Å². The van der Waals surface area contributed by atoms with Gasteiger partial charge in [0.25, 0.3) is 0 Å². The molecule has 0 bridgehead atoms. The van der Waals surface area contributed by atoms with Crippen molar-refractivity contribution in [2.75, 3.05) is 7.05 Å². The van der Waals surface area contributed by atoms with E-state index in [1.165, 1.54) is 12.8 Å². The van der Waals surface area contributed by atoms with Crippen LogP contribution in [-0.2, 0) is 4.79 Å². The van der Waals surface area contributed by atoms with Crippen molar-refractivity contribution in [1.82, 2.24) is 4.90 Å². The number of carbonyl (C=O) groups excluding carboxylic acids is 1. The van der Waals surface area contributed by atoms with Crippen molar-refractivity contribution < 1.29 is 4.79 Å². The molecule has 1 unspecified atom stereocenters. The number of amides is 1. The van der Waals surface area contributed by atoms with Crippen LogP contribution in [-0.4, -0.2) is 23.9 Å².